The Morgan fingerprint density at radius 1 is 1.28 bits per heavy atom. The first-order chi connectivity index (χ1) is 13.8. The summed E-state index contributed by atoms with van der Waals surface area (Å²) in [5, 5.41) is 6.47. The van der Waals surface area contributed by atoms with E-state index in [1.807, 2.05) is 13.8 Å². The van der Waals surface area contributed by atoms with Crippen molar-refractivity contribution in [2.45, 2.75) is 51.6 Å². The minimum absolute atomic E-state index is 0.128. The minimum Gasteiger partial charge on any atom is -0.406 e. The topological polar surface area (TPSA) is 68.3 Å². The SMILES string of the molecule is CC[C@H](C)Nc1nc(NC[C@H]2CCCO2)cc(-c2cccc(OC(F)(F)F)c2)n1. The van der Waals surface area contributed by atoms with Crippen LogP contribution in [0.15, 0.2) is 30.3 Å². The molecule has 2 aromatic rings. The maximum absolute atomic E-state index is 12.6. The Hall–Kier alpha value is -2.55. The fraction of sp³-hybridized carbons (Fsp3) is 0.500. The number of alkyl halides is 3. The van der Waals surface area contributed by atoms with E-state index in [0.29, 0.717) is 29.6 Å². The average Bonchev–Trinajstić information content (AvgIpc) is 3.18. The van der Waals surface area contributed by atoms with E-state index in [1.165, 1.54) is 18.2 Å². The third-order valence-corrected chi connectivity index (χ3v) is 4.61. The van der Waals surface area contributed by atoms with Gasteiger partial charge >= 0.3 is 6.36 Å². The molecule has 0 saturated carbocycles. The zero-order valence-corrected chi connectivity index (χ0v) is 16.4. The first kappa shape index (κ1) is 21.2. The molecule has 0 spiro atoms. The van der Waals surface area contributed by atoms with Crippen molar-refractivity contribution >= 4 is 11.8 Å². The molecule has 1 fully saturated rings. The Kier molecular flexibility index (Phi) is 6.79. The monoisotopic (exact) mass is 410 g/mol. The highest BCUT2D eigenvalue weighted by atomic mass is 19.4. The van der Waals surface area contributed by atoms with Crippen LogP contribution in [-0.2, 0) is 4.74 Å². The van der Waals surface area contributed by atoms with Gasteiger partial charge in [-0.15, -0.1) is 13.2 Å². The van der Waals surface area contributed by atoms with Crippen LogP contribution in [0.3, 0.4) is 0 Å². The van der Waals surface area contributed by atoms with Gasteiger partial charge in [-0.05, 0) is 38.3 Å². The lowest BCUT2D eigenvalue weighted by Gasteiger charge is -2.16. The summed E-state index contributed by atoms with van der Waals surface area (Å²) in [4.78, 5) is 8.97. The summed E-state index contributed by atoms with van der Waals surface area (Å²) < 4.78 is 47.3. The summed E-state index contributed by atoms with van der Waals surface area (Å²) in [5.41, 5.74) is 0.995. The predicted octanol–water partition coefficient (Wildman–Crippen LogP) is 4.84. The number of anilines is 2. The van der Waals surface area contributed by atoms with Crippen LogP contribution in [0.5, 0.6) is 5.75 Å². The molecule has 0 aliphatic carbocycles. The van der Waals surface area contributed by atoms with Crippen LogP contribution in [0.4, 0.5) is 24.9 Å². The van der Waals surface area contributed by atoms with Gasteiger partial charge in [0.2, 0.25) is 5.95 Å². The van der Waals surface area contributed by atoms with Crippen LogP contribution in [0.2, 0.25) is 0 Å². The fourth-order valence-corrected chi connectivity index (χ4v) is 2.95. The number of rotatable bonds is 8. The molecule has 1 aliphatic heterocycles. The van der Waals surface area contributed by atoms with Crippen LogP contribution in [0, 0.1) is 0 Å². The Labute approximate surface area is 167 Å². The number of aromatic nitrogens is 2. The number of nitrogens with zero attached hydrogens (tertiary/aromatic N) is 2. The molecule has 6 nitrogen and oxygen atoms in total. The maximum atomic E-state index is 12.6. The molecular formula is C20H25F3N4O2. The van der Waals surface area contributed by atoms with Crippen LogP contribution in [-0.4, -0.2) is 41.6 Å². The van der Waals surface area contributed by atoms with E-state index >= 15 is 0 Å². The number of halogens is 3. The van der Waals surface area contributed by atoms with Crippen molar-refractivity contribution in [1.29, 1.82) is 0 Å². The van der Waals surface area contributed by atoms with E-state index in [0.717, 1.165) is 25.9 Å². The Morgan fingerprint density at radius 3 is 2.79 bits per heavy atom. The Bertz CT molecular complexity index is 811. The number of hydrogen-bond acceptors (Lipinski definition) is 6. The summed E-state index contributed by atoms with van der Waals surface area (Å²) in [7, 11) is 0. The lowest BCUT2D eigenvalue weighted by Crippen LogP contribution is -2.20. The molecule has 2 heterocycles. The Morgan fingerprint density at radius 2 is 2.10 bits per heavy atom. The maximum Gasteiger partial charge on any atom is 0.573 e. The van der Waals surface area contributed by atoms with Crippen LogP contribution in [0.1, 0.15) is 33.1 Å². The highest BCUT2D eigenvalue weighted by Crippen LogP contribution is 2.29. The van der Waals surface area contributed by atoms with Crippen molar-refractivity contribution in [1.82, 2.24) is 9.97 Å². The minimum atomic E-state index is -4.75. The quantitative estimate of drug-likeness (QED) is 0.649. The average molecular weight is 410 g/mol. The smallest absolute Gasteiger partial charge is 0.406 e. The number of benzene rings is 1. The lowest BCUT2D eigenvalue weighted by molar-refractivity contribution is -0.274. The van der Waals surface area contributed by atoms with E-state index in [2.05, 4.69) is 25.3 Å². The molecule has 2 N–H and O–H groups in total. The van der Waals surface area contributed by atoms with E-state index in [4.69, 9.17) is 4.74 Å². The molecule has 1 aromatic carbocycles. The molecule has 0 unspecified atom stereocenters. The first-order valence-electron chi connectivity index (χ1n) is 9.69. The van der Waals surface area contributed by atoms with Crippen molar-refractivity contribution in [3.05, 3.63) is 30.3 Å². The van der Waals surface area contributed by atoms with Crippen molar-refractivity contribution in [3.8, 4) is 17.0 Å². The van der Waals surface area contributed by atoms with Crippen molar-refractivity contribution in [2.75, 3.05) is 23.8 Å². The predicted molar refractivity (Wildman–Crippen MR) is 105 cm³/mol. The number of hydrogen-bond donors (Lipinski definition) is 2. The molecule has 9 heteroatoms. The van der Waals surface area contributed by atoms with Gasteiger partial charge in [0, 0.05) is 30.8 Å². The second-order valence-corrected chi connectivity index (χ2v) is 7.01. The lowest BCUT2D eigenvalue weighted by atomic mass is 10.1. The van der Waals surface area contributed by atoms with Gasteiger partial charge in [0.25, 0.3) is 0 Å². The van der Waals surface area contributed by atoms with Crippen LogP contribution in [0.25, 0.3) is 11.3 Å². The summed E-state index contributed by atoms with van der Waals surface area (Å²) >= 11 is 0. The molecule has 1 aliphatic rings. The number of ether oxygens (including phenoxy) is 2. The van der Waals surface area contributed by atoms with Crippen molar-refractivity contribution in [2.24, 2.45) is 0 Å². The molecule has 0 amide bonds. The van der Waals surface area contributed by atoms with E-state index in [1.54, 1.807) is 12.1 Å². The number of nitrogens with one attached hydrogen (secondary N) is 2. The molecule has 1 aromatic heterocycles. The summed E-state index contributed by atoms with van der Waals surface area (Å²) in [6.07, 6.45) is -1.72. The summed E-state index contributed by atoms with van der Waals surface area (Å²) in [5.74, 6) is 0.700. The Balaban J connectivity index is 1.86. The van der Waals surface area contributed by atoms with E-state index in [-0.39, 0.29) is 17.9 Å². The van der Waals surface area contributed by atoms with Gasteiger partial charge < -0.3 is 20.1 Å². The van der Waals surface area contributed by atoms with Gasteiger partial charge in [-0.2, -0.15) is 4.98 Å². The zero-order valence-electron chi connectivity index (χ0n) is 16.4. The highest BCUT2D eigenvalue weighted by Gasteiger charge is 2.31. The van der Waals surface area contributed by atoms with Crippen molar-refractivity contribution in [3.63, 3.8) is 0 Å². The first-order valence-corrected chi connectivity index (χ1v) is 9.69. The van der Waals surface area contributed by atoms with Gasteiger partial charge in [-0.3, -0.25) is 0 Å². The molecule has 2 atom stereocenters. The molecule has 0 radical (unpaired) electrons. The molecular weight excluding hydrogens is 385 g/mol. The van der Waals surface area contributed by atoms with Gasteiger partial charge in [0.15, 0.2) is 0 Å². The molecule has 1 saturated heterocycles. The summed E-state index contributed by atoms with van der Waals surface area (Å²) in [6.45, 7) is 5.41. The van der Waals surface area contributed by atoms with Crippen LogP contribution < -0.4 is 15.4 Å². The van der Waals surface area contributed by atoms with Gasteiger partial charge in [0.1, 0.15) is 11.6 Å². The molecule has 29 heavy (non-hydrogen) atoms. The molecule has 158 valence electrons. The van der Waals surface area contributed by atoms with Gasteiger partial charge in [-0.1, -0.05) is 19.1 Å². The van der Waals surface area contributed by atoms with E-state index < -0.39 is 6.36 Å². The normalized spacial score (nSPS) is 17.8. The van der Waals surface area contributed by atoms with Crippen LogP contribution >= 0.6 is 0 Å². The van der Waals surface area contributed by atoms with E-state index in [9.17, 15) is 13.2 Å². The standard InChI is InChI=1S/C20H25F3N4O2/c1-3-13(2)25-19-26-17(11-18(27-19)24-12-16-8-5-9-28-16)14-6-4-7-15(10-14)29-20(21,22)23/h4,6-7,10-11,13,16H,3,5,8-9,12H2,1-2H3,(H2,24,25,26,27)/t13-,16+/m0/s1. The second-order valence-electron chi connectivity index (χ2n) is 7.01. The van der Waals surface area contributed by atoms with Gasteiger partial charge in [-0.25, -0.2) is 4.98 Å². The third kappa shape index (κ3) is 6.49. The fourth-order valence-electron chi connectivity index (χ4n) is 2.95. The van der Waals surface area contributed by atoms with Crippen molar-refractivity contribution < 1.29 is 22.6 Å². The highest BCUT2D eigenvalue weighted by molar-refractivity contribution is 5.66. The third-order valence-electron chi connectivity index (χ3n) is 4.61. The molecule has 0 bridgehead atoms. The summed E-state index contributed by atoms with van der Waals surface area (Å²) in [6, 6.07) is 7.61. The largest absolute Gasteiger partial charge is 0.573 e. The zero-order chi connectivity index (χ0) is 20.9. The second kappa shape index (κ2) is 9.30. The molecule has 3 rings (SSSR count). The van der Waals surface area contributed by atoms with Gasteiger partial charge in [0.05, 0.1) is 11.8 Å².